The van der Waals surface area contributed by atoms with Gasteiger partial charge in [-0.25, -0.2) is 4.79 Å². The van der Waals surface area contributed by atoms with Crippen LogP contribution in [0.25, 0.3) is 0 Å². The molecule has 0 saturated carbocycles. The smallest absolute Gasteiger partial charge is 0.407 e. The highest BCUT2D eigenvalue weighted by Crippen LogP contribution is 2.32. The van der Waals surface area contributed by atoms with E-state index in [4.69, 9.17) is 4.74 Å². The molecule has 0 bridgehead atoms. The minimum atomic E-state index is -0.280. The lowest BCUT2D eigenvalue weighted by Gasteiger charge is -2.27. The third-order valence-electron chi connectivity index (χ3n) is 5.23. The van der Waals surface area contributed by atoms with Crippen LogP contribution in [0.5, 0.6) is 0 Å². The van der Waals surface area contributed by atoms with Gasteiger partial charge in [0.15, 0.2) is 0 Å². The van der Waals surface area contributed by atoms with E-state index in [1.165, 1.54) is 42.4 Å². The molecule has 0 spiro atoms. The molecule has 23 heavy (non-hydrogen) atoms. The minimum absolute atomic E-state index is 0.280. The first-order valence-corrected chi connectivity index (χ1v) is 8.89. The van der Waals surface area contributed by atoms with Gasteiger partial charge in [-0.2, -0.15) is 0 Å². The molecule has 1 saturated heterocycles. The number of amides is 1. The average Bonchev–Trinajstić information content (AvgIpc) is 2.56. The van der Waals surface area contributed by atoms with Gasteiger partial charge in [0.2, 0.25) is 0 Å². The van der Waals surface area contributed by atoms with Gasteiger partial charge in [0.1, 0.15) is 0 Å². The van der Waals surface area contributed by atoms with E-state index in [1.807, 2.05) is 6.08 Å². The van der Waals surface area contributed by atoms with Gasteiger partial charge in [-0.1, -0.05) is 24.3 Å². The van der Waals surface area contributed by atoms with Gasteiger partial charge in [0, 0.05) is 12.5 Å². The number of hydrogen-bond donors (Lipinski definition) is 1. The summed E-state index contributed by atoms with van der Waals surface area (Å²) >= 11 is 0. The Hall–Kier alpha value is -1.77. The molecule has 2 aliphatic rings. The molecular formula is C20H27NO2. The predicted molar refractivity (Wildman–Crippen MR) is 92.7 cm³/mol. The number of rotatable bonds is 4. The van der Waals surface area contributed by atoms with Crippen molar-refractivity contribution < 1.29 is 9.53 Å². The number of benzene rings is 1. The molecule has 3 heteroatoms. The summed E-state index contributed by atoms with van der Waals surface area (Å²) in [7, 11) is 0. The van der Waals surface area contributed by atoms with Gasteiger partial charge in [-0.05, 0) is 67.6 Å². The zero-order valence-corrected chi connectivity index (χ0v) is 13.9. The second kappa shape index (κ2) is 7.67. The highest BCUT2D eigenvalue weighted by Gasteiger charge is 2.21. The molecule has 1 heterocycles. The van der Waals surface area contributed by atoms with Crippen LogP contribution in [0.1, 0.15) is 54.7 Å². The molecule has 1 aliphatic heterocycles. The van der Waals surface area contributed by atoms with Crippen LogP contribution in [0.4, 0.5) is 4.79 Å². The van der Waals surface area contributed by atoms with Crippen molar-refractivity contribution in [3.05, 3.63) is 47.5 Å². The molecule has 0 aromatic heterocycles. The molecular weight excluding hydrogens is 286 g/mol. The first-order valence-electron chi connectivity index (χ1n) is 8.89. The van der Waals surface area contributed by atoms with Crippen molar-refractivity contribution in [2.24, 2.45) is 5.92 Å². The fourth-order valence-corrected chi connectivity index (χ4v) is 3.84. The predicted octanol–water partition coefficient (Wildman–Crippen LogP) is 4.36. The van der Waals surface area contributed by atoms with Crippen LogP contribution in [0, 0.1) is 5.92 Å². The van der Waals surface area contributed by atoms with Crippen molar-refractivity contribution in [1.82, 2.24) is 5.32 Å². The fraction of sp³-hybridized carbons (Fsp3) is 0.550. The Morgan fingerprint density at radius 1 is 1.30 bits per heavy atom. The van der Waals surface area contributed by atoms with Crippen molar-refractivity contribution in [1.29, 1.82) is 0 Å². The maximum absolute atomic E-state index is 11.4. The highest BCUT2D eigenvalue weighted by atomic mass is 16.5. The number of fused-ring (bicyclic) bond motifs is 1. The molecule has 1 N–H and O–H groups in total. The minimum Gasteiger partial charge on any atom is -0.450 e. The number of hydrogen-bond acceptors (Lipinski definition) is 2. The molecule has 0 unspecified atom stereocenters. The van der Waals surface area contributed by atoms with E-state index < -0.39 is 0 Å². The fourth-order valence-electron chi connectivity index (χ4n) is 3.84. The molecule has 0 radical (unpaired) electrons. The van der Waals surface area contributed by atoms with Crippen molar-refractivity contribution in [2.45, 2.75) is 50.9 Å². The third-order valence-corrected chi connectivity index (χ3v) is 5.23. The second-order valence-electron chi connectivity index (χ2n) is 6.86. The van der Waals surface area contributed by atoms with Crippen molar-refractivity contribution >= 4 is 6.09 Å². The Kier molecular flexibility index (Phi) is 5.37. The number of aryl methyl sites for hydroxylation is 1. The van der Waals surface area contributed by atoms with E-state index in [1.54, 1.807) is 0 Å². The van der Waals surface area contributed by atoms with Gasteiger partial charge in [-0.3, -0.25) is 0 Å². The number of allylic oxidation sites excluding steroid dienone is 1. The summed E-state index contributed by atoms with van der Waals surface area (Å²) in [6.07, 6.45) is 9.84. The summed E-state index contributed by atoms with van der Waals surface area (Å²) in [6.45, 7) is 5.04. The maximum Gasteiger partial charge on any atom is 0.407 e. The van der Waals surface area contributed by atoms with Crippen LogP contribution >= 0.6 is 0 Å². The molecule has 2 atom stereocenters. The summed E-state index contributed by atoms with van der Waals surface area (Å²) in [6, 6.07) is 6.98. The lowest BCUT2D eigenvalue weighted by atomic mass is 9.80. The second-order valence-corrected chi connectivity index (χ2v) is 6.86. The zero-order chi connectivity index (χ0) is 16.1. The molecule has 1 amide bonds. The first kappa shape index (κ1) is 16.1. The van der Waals surface area contributed by atoms with E-state index in [0.29, 0.717) is 19.1 Å². The summed E-state index contributed by atoms with van der Waals surface area (Å²) in [5.74, 6) is 1.22. The summed E-state index contributed by atoms with van der Waals surface area (Å²) < 4.78 is 5.04. The molecule has 3 nitrogen and oxygen atoms in total. The quantitative estimate of drug-likeness (QED) is 0.839. The standard InChI is InChI=1S/C20H27NO2/c1-2-3-5-15-7-8-17-13-18(10-9-16(17)12-15)19-6-4-11-23-20(22)21-14-19/h2,9-10,13,15,19H,1,3-8,11-12,14H2,(H,21,22)/t15-,19-/m1/s1. The largest absolute Gasteiger partial charge is 0.450 e. The van der Waals surface area contributed by atoms with E-state index in [-0.39, 0.29) is 6.09 Å². The Bertz CT molecular complexity index is 567. The normalized spacial score (nSPS) is 24.6. The van der Waals surface area contributed by atoms with Crippen LogP contribution in [-0.4, -0.2) is 19.2 Å². The third kappa shape index (κ3) is 4.15. The van der Waals surface area contributed by atoms with E-state index in [2.05, 4.69) is 30.1 Å². The van der Waals surface area contributed by atoms with Gasteiger partial charge >= 0.3 is 6.09 Å². The van der Waals surface area contributed by atoms with Crippen molar-refractivity contribution in [3.63, 3.8) is 0 Å². The van der Waals surface area contributed by atoms with Crippen molar-refractivity contribution in [2.75, 3.05) is 13.2 Å². The lowest BCUT2D eigenvalue weighted by molar-refractivity contribution is 0.136. The maximum atomic E-state index is 11.4. The van der Waals surface area contributed by atoms with Crippen LogP contribution in [0.15, 0.2) is 30.9 Å². The van der Waals surface area contributed by atoms with Gasteiger partial charge in [0.25, 0.3) is 0 Å². The SMILES string of the molecule is C=CCC[C@@H]1CCc2cc([C@@H]3CCCOC(=O)NC3)ccc2C1. The average molecular weight is 313 g/mol. The topological polar surface area (TPSA) is 38.3 Å². The Balaban J connectivity index is 1.68. The van der Waals surface area contributed by atoms with Gasteiger partial charge in [0.05, 0.1) is 6.61 Å². The molecule has 1 aromatic carbocycles. The number of carbonyl (C=O) groups is 1. The van der Waals surface area contributed by atoms with Crippen LogP contribution in [-0.2, 0) is 17.6 Å². The van der Waals surface area contributed by atoms with Crippen molar-refractivity contribution in [3.8, 4) is 0 Å². The number of carbonyl (C=O) groups excluding carboxylic acids is 1. The Labute approximate surface area is 139 Å². The zero-order valence-electron chi connectivity index (χ0n) is 13.9. The molecule has 1 aliphatic carbocycles. The van der Waals surface area contributed by atoms with Crippen LogP contribution in [0.2, 0.25) is 0 Å². The first-order chi connectivity index (χ1) is 11.3. The molecule has 124 valence electrons. The monoisotopic (exact) mass is 313 g/mol. The van der Waals surface area contributed by atoms with E-state index >= 15 is 0 Å². The molecule has 1 fully saturated rings. The number of nitrogens with one attached hydrogen (secondary N) is 1. The van der Waals surface area contributed by atoms with E-state index in [9.17, 15) is 4.79 Å². The summed E-state index contributed by atoms with van der Waals surface area (Å²) in [5.41, 5.74) is 4.41. The van der Waals surface area contributed by atoms with Gasteiger partial charge in [-0.15, -0.1) is 6.58 Å². The summed E-state index contributed by atoms with van der Waals surface area (Å²) in [5, 5.41) is 2.87. The Morgan fingerprint density at radius 2 is 2.22 bits per heavy atom. The molecule has 1 aromatic rings. The number of alkyl carbamates (subject to hydrolysis) is 1. The van der Waals surface area contributed by atoms with Crippen LogP contribution in [0.3, 0.4) is 0 Å². The Morgan fingerprint density at radius 3 is 3.09 bits per heavy atom. The highest BCUT2D eigenvalue weighted by molar-refractivity contribution is 5.67. The lowest BCUT2D eigenvalue weighted by Crippen LogP contribution is -2.31. The van der Waals surface area contributed by atoms with E-state index in [0.717, 1.165) is 25.2 Å². The molecule has 3 rings (SSSR count). The summed E-state index contributed by atoms with van der Waals surface area (Å²) in [4.78, 5) is 11.4. The number of ether oxygens (including phenoxy) is 1. The van der Waals surface area contributed by atoms with Gasteiger partial charge < -0.3 is 10.1 Å². The number of cyclic esters (lactones) is 1. The van der Waals surface area contributed by atoms with Crippen LogP contribution < -0.4 is 5.32 Å².